The van der Waals surface area contributed by atoms with E-state index >= 15 is 0 Å². The van der Waals surface area contributed by atoms with Gasteiger partial charge in [-0.3, -0.25) is 10.1 Å². The average Bonchev–Trinajstić information content (AvgIpc) is 2.46. The van der Waals surface area contributed by atoms with Gasteiger partial charge in [0, 0.05) is 30.8 Å². The van der Waals surface area contributed by atoms with Gasteiger partial charge >= 0.3 is 0 Å². The zero-order valence-electron chi connectivity index (χ0n) is 12.0. The minimum atomic E-state index is -0.313. The first-order valence-corrected chi connectivity index (χ1v) is 7.35. The summed E-state index contributed by atoms with van der Waals surface area (Å²) in [5.41, 5.74) is 0.952. The maximum atomic E-state index is 11.0. The maximum absolute atomic E-state index is 11.0. The fraction of sp³-hybridized carbons (Fsp3) is 0.600. The van der Waals surface area contributed by atoms with Gasteiger partial charge in [-0.05, 0) is 32.9 Å². The van der Waals surface area contributed by atoms with E-state index in [0.717, 1.165) is 12.1 Å². The lowest BCUT2D eigenvalue weighted by atomic mass is 10.1. The largest absolute Gasteiger partial charge is 0.309 e. The number of para-hydroxylation sites is 1. The van der Waals surface area contributed by atoms with Gasteiger partial charge in [0.15, 0.2) is 0 Å². The van der Waals surface area contributed by atoms with Crippen LogP contribution in [0, 0.1) is 10.1 Å². The average molecular weight is 277 g/mol. The molecule has 1 unspecified atom stereocenters. The predicted molar refractivity (Wildman–Crippen MR) is 79.7 cm³/mol. The van der Waals surface area contributed by atoms with E-state index in [-0.39, 0.29) is 10.6 Å². The van der Waals surface area contributed by atoms with E-state index in [1.165, 1.54) is 32.4 Å². The molecular formula is C15H23N3O2. The van der Waals surface area contributed by atoms with Crippen LogP contribution in [0.4, 0.5) is 5.69 Å². The van der Waals surface area contributed by atoms with Gasteiger partial charge in [0.1, 0.15) is 0 Å². The standard InChI is InChI=1S/C15H23N3O2/c1-13(12-17-9-5-2-6-10-17)16-11-14-7-3-4-8-15(14)18(19)20/h3-4,7-8,13,16H,2,5-6,9-12H2,1H3. The van der Waals surface area contributed by atoms with Crippen molar-refractivity contribution < 1.29 is 4.92 Å². The Bertz CT molecular complexity index is 444. The van der Waals surface area contributed by atoms with Crippen LogP contribution >= 0.6 is 0 Å². The van der Waals surface area contributed by atoms with Gasteiger partial charge in [0.2, 0.25) is 0 Å². The lowest BCUT2D eigenvalue weighted by molar-refractivity contribution is -0.385. The Morgan fingerprint density at radius 2 is 2.00 bits per heavy atom. The van der Waals surface area contributed by atoms with Crippen LogP contribution in [0.25, 0.3) is 0 Å². The molecule has 2 rings (SSSR count). The Kier molecular flexibility index (Phi) is 5.49. The molecule has 1 aliphatic heterocycles. The molecule has 1 saturated heterocycles. The van der Waals surface area contributed by atoms with Crippen LogP contribution in [0.5, 0.6) is 0 Å². The summed E-state index contributed by atoms with van der Waals surface area (Å²) in [7, 11) is 0. The molecule has 110 valence electrons. The zero-order valence-corrected chi connectivity index (χ0v) is 12.0. The molecule has 1 heterocycles. The second-order valence-electron chi connectivity index (χ2n) is 5.53. The monoisotopic (exact) mass is 277 g/mol. The van der Waals surface area contributed by atoms with Crippen LogP contribution in [-0.2, 0) is 6.54 Å². The molecule has 0 amide bonds. The van der Waals surface area contributed by atoms with E-state index < -0.39 is 0 Å². The summed E-state index contributed by atoms with van der Waals surface area (Å²) in [4.78, 5) is 13.1. The summed E-state index contributed by atoms with van der Waals surface area (Å²) in [5, 5.41) is 14.3. The molecule has 5 nitrogen and oxygen atoms in total. The highest BCUT2D eigenvalue weighted by molar-refractivity contribution is 5.39. The number of nitro benzene ring substituents is 1. The van der Waals surface area contributed by atoms with Crippen LogP contribution in [0.15, 0.2) is 24.3 Å². The van der Waals surface area contributed by atoms with Gasteiger partial charge in [-0.1, -0.05) is 24.6 Å². The fourth-order valence-corrected chi connectivity index (χ4v) is 2.72. The third kappa shape index (κ3) is 4.28. The number of hydrogen-bond donors (Lipinski definition) is 1. The van der Waals surface area contributed by atoms with Crippen molar-refractivity contribution in [1.82, 2.24) is 10.2 Å². The van der Waals surface area contributed by atoms with Crippen molar-refractivity contribution in [2.75, 3.05) is 19.6 Å². The first-order valence-electron chi connectivity index (χ1n) is 7.35. The normalized spacial score (nSPS) is 17.9. The third-order valence-electron chi connectivity index (χ3n) is 3.81. The van der Waals surface area contributed by atoms with E-state index in [4.69, 9.17) is 0 Å². The number of nitro groups is 1. The summed E-state index contributed by atoms with van der Waals surface area (Å²) in [5.74, 6) is 0. The molecule has 1 fully saturated rings. The first-order chi connectivity index (χ1) is 9.66. The molecule has 1 aliphatic rings. The minimum Gasteiger partial charge on any atom is -0.309 e. The summed E-state index contributed by atoms with van der Waals surface area (Å²) in [6, 6.07) is 7.27. The number of nitrogens with one attached hydrogen (secondary N) is 1. The van der Waals surface area contributed by atoms with Crippen LogP contribution in [-0.4, -0.2) is 35.5 Å². The van der Waals surface area contributed by atoms with E-state index in [1.54, 1.807) is 12.1 Å². The van der Waals surface area contributed by atoms with Crippen molar-refractivity contribution in [1.29, 1.82) is 0 Å². The molecule has 0 aromatic heterocycles. The third-order valence-corrected chi connectivity index (χ3v) is 3.81. The Morgan fingerprint density at radius 1 is 1.30 bits per heavy atom. The van der Waals surface area contributed by atoms with Crippen molar-refractivity contribution in [2.45, 2.75) is 38.8 Å². The number of piperidine rings is 1. The summed E-state index contributed by atoms with van der Waals surface area (Å²) in [6.45, 7) is 6.06. The molecule has 20 heavy (non-hydrogen) atoms. The fourth-order valence-electron chi connectivity index (χ4n) is 2.72. The van der Waals surface area contributed by atoms with Gasteiger partial charge in [0.05, 0.1) is 4.92 Å². The van der Waals surface area contributed by atoms with Crippen LogP contribution in [0.2, 0.25) is 0 Å². The van der Waals surface area contributed by atoms with Crippen molar-refractivity contribution in [3.63, 3.8) is 0 Å². The van der Waals surface area contributed by atoms with E-state index in [2.05, 4.69) is 17.1 Å². The van der Waals surface area contributed by atoms with E-state index in [0.29, 0.717) is 12.6 Å². The van der Waals surface area contributed by atoms with Crippen LogP contribution < -0.4 is 5.32 Å². The highest BCUT2D eigenvalue weighted by atomic mass is 16.6. The summed E-state index contributed by atoms with van der Waals surface area (Å²) in [6.07, 6.45) is 3.92. The van der Waals surface area contributed by atoms with E-state index in [9.17, 15) is 10.1 Å². The first kappa shape index (κ1) is 14.9. The van der Waals surface area contributed by atoms with Crippen molar-refractivity contribution in [3.05, 3.63) is 39.9 Å². The molecule has 5 heteroatoms. The molecule has 1 aromatic rings. The highest BCUT2D eigenvalue weighted by Crippen LogP contribution is 2.17. The smallest absolute Gasteiger partial charge is 0.273 e. The van der Waals surface area contributed by atoms with Crippen molar-refractivity contribution in [3.8, 4) is 0 Å². The van der Waals surface area contributed by atoms with Crippen LogP contribution in [0.3, 0.4) is 0 Å². The molecule has 0 spiro atoms. The molecule has 1 aromatic carbocycles. The van der Waals surface area contributed by atoms with Crippen molar-refractivity contribution >= 4 is 5.69 Å². The lowest BCUT2D eigenvalue weighted by Crippen LogP contribution is -2.41. The molecule has 0 bridgehead atoms. The second kappa shape index (κ2) is 7.36. The maximum Gasteiger partial charge on any atom is 0.273 e. The number of likely N-dealkylation sites (tertiary alicyclic amines) is 1. The Balaban J connectivity index is 1.83. The number of rotatable bonds is 6. The molecule has 0 aliphatic carbocycles. The Hall–Kier alpha value is -1.46. The topological polar surface area (TPSA) is 58.4 Å². The number of hydrogen-bond acceptors (Lipinski definition) is 4. The van der Waals surface area contributed by atoms with Gasteiger partial charge in [-0.25, -0.2) is 0 Å². The second-order valence-corrected chi connectivity index (χ2v) is 5.53. The molecule has 0 saturated carbocycles. The number of nitrogens with zero attached hydrogens (tertiary/aromatic N) is 2. The van der Waals surface area contributed by atoms with E-state index in [1.807, 2.05) is 12.1 Å². The predicted octanol–water partition coefficient (Wildman–Crippen LogP) is 2.56. The number of benzene rings is 1. The van der Waals surface area contributed by atoms with Crippen LogP contribution in [0.1, 0.15) is 31.7 Å². The molecular weight excluding hydrogens is 254 g/mol. The molecule has 1 atom stereocenters. The van der Waals surface area contributed by atoms with Gasteiger partial charge in [-0.15, -0.1) is 0 Å². The van der Waals surface area contributed by atoms with Gasteiger partial charge in [0.25, 0.3) is 5.69 Å². The summed E-state index contributed by atoms with van der Waals surface area (Å²) < 4.78 is 0. The highest BCUT2D eigenvalue weighted by Gasteiger charge is 2.15. The molecule has 0 radical (unpaired) electrons. The zero-order chi connectivity index (χ0) is 14.4. The summed E-state index contributed by atoms with van der Waals surface area (Å²) >= 11 is 0. The van der Waals surface area contributed by atoms with Gasteiger partial charge < -0.3 is 10.2 Å². The SMILES string of the molecule is CC(CN1CCCCC1)NCc1ccccc1[N+](=O)[O-]. The Morgan fingerprint density at radius 3 is 2.70 bits per heavy atom. The Labute approximate surface area is 120 Å². The minimum absolute atomic E-state index is 0.199. The quantitative estimate of drug-likeness (QED) is 0.641. The van der Waals surface area contributed by atoms with Crippen molar-refractivity contribution in [2.24, 2.45) is 0 Å². The van der Waals surface area contributed by atoms with Gasteiger partial charge in [-0.2, -0.15) is 0 Å². The lowest BCUT2D eigenvalue weighted by Gasteiger charge is -2.29. The molecule has 1 N–H and O–H groups in total.